The van der Waals surface area contributed by atoms with Gasteiger partial charge in [-0.3, -0.25) is 4.79 Å². The number of hydrogen-bond acceptors (Lipinski definition) is 4. The number of carbonyl (C=O) groups is 1. The van der Waals surface area contributed by atoms with E-state index in [-0.39, 0.29) is 23.9 Å². The first kappa shape index (κ1) is 20.3. The predicted molar refractivity (Wildman–Crippen MR) is 107 cm³/mol. The second kappa shape index (κ2) is 8.72. The van der Waals surface area contributed by atoms with Gasteiger partial charge in [0, 0.05) is 35.5 Å². The lowest BCUT2D eigenvalue weighted by Crippen LogP contribution is -2.51. The highest BCUT2D eigenvalue weighted by atomic mass is 79.9. The molecule has 1 aliphatic heterocycles. The molecule has 9 heteroatoms. The Labute approximate surface area is 170 Å². The minimum Gasteiger partial charge on any atom is -0.339 e. The molecule has 1 aliphatic rings. The van der Waals surface area contributed by atoms with Gasteiger partial charge in [-0.15, -0.1) is 11.8 Å². The maximum absolute atomic E-state index is 13.9. The van der Waals surface area contributed by atoms with Crippen LogP contribution in [-0.2, 0) is 14.8 Å². The van der Waals surface area contributed by atoms with Crippen molar-refractivity contribution >= 4 is 43.6 Å². The molecule has 1 fully saturated rings. The van der Waals surface area contributed by atoms with Gasteiger partial charge >= 0.3 is 0 Å². The molecule has 5 nitrogen and oxygen atoms in total. The highest BCUT2D eigenvalue weighted by Crippen LogP contribution is 2.23. The molecular weight excluding hydrogens is 455 g/mol. The predicted octanol–water partition coefficient (Wildman–Crippen LogP) is 3.21. The minimum absolute atomic E-state index is 0.0362. The standard InChI is InChI=1S/C18H18BrFN2O3S2/c19-14-5-7-15(8-6-14)26-13-18(23)21-9-11-22(12-10-21)27(24,25)17-4-2-1-3-16(17)20/h1-8H,9-13H2. The van der Waals surface area contributed by atoms with Gasteiger partial charge in [-0.05, 0) is 36.4 Å². The third kappa shape index (κ3) is 4.90. The van der Waals surface area contributed by atoms with E-state index < -0.39 is 15.8 Å². The van der Waals surface area contributed by atoms with Gasteiger partial charge in [0.2, 0.25) is 15.9 Å². The van der Waals surface area contributed by atoms with Crippen LogP contribution in [0.5, 0.6) is 0 Å². The SMILES string of the molecule is O=C(CSc1ccc(Br)cc1)N1CCN(S(=O)(=O)c2ccccc2F)CC1. The molecule has 1 amide bonds. The Morgan fingerprint density at radius 3 is 2.30 bits per heavy atom. The monoisotopic (exact) mass is 472 g/mol. The van der Waals surface area contributed by atoms with Crippen molar-refractivity contribution < 1.29 is 17.6 Å². The molecule has 2 aromatic rings. The highest BCUT2D eigenvalue weighted by molar-refractivity contribution is 9.10. The summed E-state index contributed by atoms with van der Waals surface area (Å²) in [7, 11) is -3.89. The Bertz CT molecular complexity index is 914. The van der Waals surface area contributed by atoms with Crippen LogP contribution in [0.25, 0.3) is 0 Å². The van der Waals surface area contributed by atoms with Crippen molar-refractivity contribution in [3.05, 3.63) is 58.8 Å². The van der Waals surface area contributed by atoms with Crippen molar-refractivity contribution in [2.24, 2.45) is 0 Å². The smallest absolute Gasteiger partial charge is 0.246 e. The molecule has 0 unspecified atom stereocenters. The fourth-order valence-corrected chi connectivity index (χ4v) is 5.29. The van der Waals surface area contributed by atoms with E-state index in [1.807, 2.05) is 24.3 Å². The Hall–Kier alpha value is -1.42. The molecule has 0 aromatic heterocycles. The third-order valence-electron chi connectivity index (χ3n) is 4.22. The van der Waals surface area contributed by atoms with Gasteiger partial charge in [-0.1, -0.05) is 28.1 Å². The fraction of sp³-hybridized carbons (Fsp3) is 0.278. The molecule has 1 heterocycles. The van der Waals surface area contributed by atoms with Crippen molar-refractivity contribution in [3.63, 3.8) is 0 Å². The summed E-state index contributed by atoms with van der Waals surface area (Å²) in [4.78, 5) is 14.7. The van der Waals surface area contributed by atoms with Crippen molar-refractivity contribution in [1.82, 2.24) is 9.21 Å². The number of piperazine rings is 1. The van der Waals surface area contributed by atoms with E-state index in [0.717, 1.165) is 15.4 Å². The van der Waals surface area contributed by atoms with Crippen LogP contribution in [0.3, 0.4) is 0 Å². The largest absolute Gasteiger partial charge is 0.339 e. The van der Waals surface area contributed by atoms with Crippen molar-refractivity contribution in [2.75, 3.05) is 31.9 Å². The first-order valence-corrected chi connectivity index (χ1v) is 11.5. The van der Waals surface area contributed by atoms with Crippen LogP contribution >= 0.6 is 27.7 Å². The molecule has 27 heavy (non-hydrogen) atoms. The van der Waals surface area contributed by atoms with Crippen LogP contribution in [0.1, 0.15) is 0 Å². The van der Waals surface area contributed by atoms with E-state index in [4.69, 9.17) is 0 Å². The Balaban J connectivity index is 1.56. The number of carbonyl (C=O) groups excluding carboxylic acids is 1. The van der Waals surface area contributed by atoms with E-state index in [0.29, 0.717) is 18.8 Å². The molecular formula is C18H18BrFN2O3S2. The quantitative estimate of drug-likeness (QED) is 0.626. The maximum Gasteiger partial charge on any atom is 0.246 e. The molecule has 0 radical (unpaired) electrons. The van der Waals surface area contributed by atoms with Crippen LogP contribution in [0.15, 0.2) is 62.8 Å². The first-order valence-electron chi connectivity index (χ1n) is 8.29. The molecule has 0 atom stereocenters. The van der Waals surface area contributed by atoms with Crippen LogP contribution in [0, 0.1) is 5.82 Å². The summed E-state index contributed by atoms with van der Waals surface area (Å²) in [5.41, 5.74) is 0. The van der Waals surface area contributed by atoms with Gasteiger partial charge in [0.05, 0.1) is 5.75 Å². The maximum atomic E-state index is 13.9. The van der Waals surface area contributed by atoms with E-state index in [1.54, 1.807) is 4.90 Å². The molecule has 3 rings (SSSR count). The fourth-order valence-electron chi connectivity index (χ4n) is 2.74. The summed E-state index contributed by atoms with van der Waals surface area (Å²) in [6.07, 6.45) is 0. The van der Waals surface area contributed by atoms with Gasteiger partial charge in [0.15, 0.2) is 0 Å². The molecule has 2 aromatic carbocycles. The van der Waals surface area contributed by atoms with Crippen molar-refractivity contribution in [3.8, 4) is 0 Å². The lowest BCUT2D eigenvalue weighted by Gasteiger charge is -2.34. The number of sulfonamides is 1. The van der Waals surface area contributed by atoms with Crippen molar-refractivity contribution in [1.29, 1.82) is 0 Å². The summed E-state index contributed by atoms with van der Waals surface area (Å²) in [5.74, 6) is -0.505. The highest BCUT2D eigenvalue weighted by Gasteiger charge is 2.31. The number of rotatable bonds is 5. The van der Waals surface area contributed by atoms with Crippen LogP contribution < -0.4 is 0 Å². The number of benzene rings is 2. The number of nitrogens with zero attached hydrogens (tertiary/aromatic N) is 2. The number of halogens is 2. The van der Waals surface area contributed by atoms with E-state index >= 15 is 0 Å². The van der Waals surface area contributed by atoms with Crippen LogP contribution in [0.2, 0.25) is 0 Å². The number of hydrogen-bond donors (Lipinski definition) is 0. The minimum atomic E-state index is -3.89. The lowest BCUT2D eigenvalue weighted by molar-refractivity contribution is -0.129. The Morgan fingerprint density at radius 1 is 1.04 bits per heavy atom. The van der Waals surface area contributed by atoms with Gasteiger partial charge < -0.3 is 4.90 Å². The molecule has 0 saturated carbocycles. The Morgan fingerprint density at radius 2 is 1.67 bits per heavy atom. The van der Waals surface area contributed by atoms with Crippen LogP contribution in [0.4, 0.5) is 4.39 Å². The van der Waals surface area contributed by atoms with Gasteiger partial charge in [0.25, 0.3) is 0 Å². The zero-order valence-corrected chi connectivity index (χ0v) is 17.6. The molecule has 1 saturated heterocycles. The topological polar surface area (TPSA) is 57.7 Å². The molecule has 0 spiro atoms. The average molecular weight is 473 g/mol. The summed E-state index contributed by atoms with van der Waals surface area (Å²) in [6.45, 7) is 0.914. The number of thioether (sulfide) groups is 1. The average Bonchev–Trinajstić information content (AvgIpc) is 2.67. The zero-order chi connectivity index (χ0) is 19.4. The lowest BCUT2D eigenvalue weighted by atomic mass is 10.3. The summed E-state index contributed by atoms with van der Waals surface area (Å²) in [6, 6.07) is 13.0. The second-order valence-electron chi connectivity index (χ2n) is 5.96. The van der Waals surface area contributed by atoms with E-state index in [9.17, 15) is 17.6 Å². The van der Waals surface area contributed by atoms with Crippen LogP contribution in [-0.4, -0.2) is 55.5 Å². The Kier molecular flexibility index (Phi) is 6.56. The normalized spacial score (nSPS) is 15.7. The van der Waals surface area contributed by atoms with E-state index in [1.165, 1.54) is 34.3 Å². The third-order valence-corrected chi connectivity index (χ3v) is 7.68. The molecule has 0 bridgehead atoms. The number of amides is 1. The van der Waals surface area contributed by atoms with Gasteiger partial charge in [0.1, 0.15) is 10.7 Å². The first-order chi connectivity index (χ1) is 12.9. The second-order valence-corrected chi connectivity index (χ2v) is 9.83. The summed E-state index contributed by atoms with van der Waals surface area (Å²) >= 11 is 4.81. The molecule has 144 valence electrons. The molecule has 0 aliphatic carbocycles. The summed E-state index contributed by atoms with van der Waals surface area (Å²) < 4.78 is 41.3. The molecule has 0 N–H and O–H groups in total. The van der Waals surface area contributed by atoms with Crippen molar-refractivity contribution in [2.45, 2.75) is 9.79 Å². The van der Waals surface area contributed by atoms with E-state index in [2.05, 4.69) is 15.9 Å². The summed E-state index contributed by atoms with van der Waals surface area (Å²) in [5, 5.41) is 0. The zero-order valence-electron chi connectivity index (χ0n) is 14.3. The van der Waals surface area contributed by atoms with Gasteiger partial charge in [-0.25, -0.2) is 12.8 Å². The van der Waals surface area contributed by atoms with Gasteiger partial charge in [-0.2, -0.15) is 4.31 Å².